The van der Waals surface area contributed by atoms with Crippen LogP contribution >= 0.6 is 0 Å². The van der Waals surface area contributed by atoms with Crippen molar-refractivity contribution in [2.24, 2.45) is 11.8 Å². The molecule has 0 bridgehead atoms. The van der Waals surface area contributed by atoms with Gasteiger partial charge in [-0.1, -0.05) is 0 Å². The number of ether oxygens (including phenoxy) is 4. The normalized spacial score (nSPS) is 44.8. The van der Waals surface area contributed by atoms with Gasteiger partial charge in [0.1, 0.15) is 12.2 Å². The highest BCUT2D eigenvalue weighted by molar-refractivity contribution is 5.67. The number of fused-ring (bicyclic) bond motifs is 3. The molecule has 0 spiro atoms. The van der Waals surface area contributed by atoms with Crippen LogP contribution in [-0.2, 0) is 28.5 Å². The Bertz CT molecular complexity index is 381. The number of esters is 2. The first-order valence-electron chi connectivity index (χ1n) is 6.15. The van der Waals surface area contributed by atoms with E-state index in [-0.39, 0.29) is 36.0 Å². The summed E-state index contributed by atoms with van der Waals surface area (Å²) in [6.45, 7) is 3.85. The maximum atomic E-state index is 11.2. The first-order chi connectivity index (χ1) is 8.58. The zero-order valence-corrected chi connectivity index (χ0v) is 10.3. The third-order valence-electron chi connectivity index (χ3n) is 3.83. The van der Waals surface area contributed by atoms with Crippen molar-refractivity contribution in [3.05, 3.63) is 0 Å². The van der Waals surface area contributed by atoms with Gasteiger partial charge in [0.05, 0.1) is 19.3 Å². The van der Waals surface area contributed by atoms with Crippen LogP contribution in [0.3, 0.4) is 0 Å². The van der Waals surface area contributed by atoms with Crippen molar-refractivity contribution in [3.63, 3.8) is 0 Å². The van der Waals surface area contributed by atoms with E-state index in [4.69, 9.17) is 18.9 Å². The highest BCUT2D eigenvalue weighted by Gasteiger charge is 2.64. The van der Waals surface area contributed by atoms with Gasteiger partial charge in [-0.2, -0.15) is 0 Å². The van der Waals surface area contributed by atoms with Crippen molar-refractivity contribution in [1.29, 1.82) is 0 Å². The van der Waals surface area contributed by atoms with E-state index in [0.29, 0.717) is 13.2 Å². The average molecular weight is 256 g/mol. The van der Waals surface area contributed by atoms with E-state index >= 15 is 0 Å². The van der Waals surface area contributed by atoms with Gasteiger partial charge in [-0.3, -0.25) is 9.59 Å². The van der Waals surface area contributed by atoms with Crippen molar-refractivity contribution < 1.29 is 28.5 Å². The Labute approximate surface area is 105 Å². The molecule has 2 heterocycles. The van der Waals surface area contributed by atoms with E-state index in [9.17, 15) is 9.59 Å². The van der Waals surface area contributed by atoms with Crippen LogP contribution < -0.4 is 0 Å². The molecule has 2 saturated heterocycles. The number of hydrogen-bond donors (Lipinski definition) is 0. The van der Waals surface area contributed by atoms with Gasteiger partial charge < -0.3 is 18.9 Å². The minimum Gasteiger partial charge on any atom is -0.458 e. The third-order valence-corrected chi connectivity index (χ3v) is 3.83. The molecular formula is C12H16O6. The molecule has 2 aliphatic heterocycles. The van der Waals surface area contributed by atoms with E-state index < -0.39 is 12.2 Å². The molecule has 3 rings (SSSR count). The number of carbonyl (C=O) groups excluding carboxylic acids is 2. The highest BCUT2D eigenvalue weighted by Crippen LogP contribution is 2.48. The topological polar surface area (TPSA) is 74.4 Å². The maximum Gasteiger partial charge on any atom is 0.303 e. The van der Waals surface area contributed by atoms with Crippen LogP contribution in [0.15, 0.2) is 0 Å². The quantitative estimate of drug-likeness (QED) is 0.507. The summed E-state index contributed by atoms with van der Waals surface area (Å²) in [6.07, 6.45) is -1.03. The standard InChI is InChI=1S/C12H16O6/c1-5(13)16-9-7-3-15-4-8(7)10-12(18-10)11(9)17-6(2)14/h7-12H,3-4H2,1-2H3/t7-,8+,9+,10-,11+,12-/m1/s1. The number of hydrogen-bond acceptors (Lipinski definition) is 6. The SMILES string of the molecule is CC(=O)O[C@@H]1[C@@H]2O[C@@H]2[C@H]2COC[C@H]2[C@@H]1OC(C)=O. The molecule has 0 amide bonds. The van der Waals surface area contributed by atoms with Crippen molar-refractivity contribution in [2.75, 3.05) is 13.2 Å². The Hall–Kier alpha value is -1.14. The molecule has 6 atom stereocenters. The molecule has 6 heteroatoms. The van der Waals surface area contributed by atoms with Crippen molar-refractivity contribution >= 4 is 11.9 Å². The fourth-order valence-corrected chi connectivity index (χ4v) is 3.11. The molecule has 0 N–H and O–H groups in total. The number of carbonyl (C=O) groups is 2. The predicted octanol–water partition coefficient (Wildman–Crippen LogP) is -0.107. The highest BCUT2D eigenvalue weighted by atomic mass is 16.7. The summed E-state index contributed by atoms with van der Waals surface area (Å²) in [5.41, 5.74) is 0. The van der Waals surface area contributed by atoms with Crippen molar-refractivity contribution in [3.8, 4) is 0 Å². The summed E-state index contributed by atoms with van der Waals surface area (Å²) in [5, 5.41) is 0. The van der Waals surface area contributed by atoms with E-state index in [1.54, 1.807) is 0 Å². The van der Waals surface area contributed by atoms with Crippen LogP contribution in [-0.4, -0.2) is 49.6 Å². The first kappa shape index (κ1) is 11.9. The second-order valence-corrected chi connectivity index (χ2v) is 5.08. The van der Waals surface area contributed by atoms with Crippen LogP contribution in [0.2, 0.25) is 0 Å². The molecule has 0 aromatic rings. The summed E-state index contributed by atoms with van der Waals surface area (Å²) >= 11 is 0. The van der Waals surface area contributed by atoms with E-state index in [1.807, 2.05) is 0 Å². The van der Waals surface area contributed by atoms with E-state index in [0.717, 1.165) is 0 Å². The zero-order valence-electron chi connectivity index (χ0n) is 10.3. The lowest BCUT2D eigenvalue weighted by Crippen LogP contribution is -2.51. The summed E-state index contributed by atoms with van der Waals surface area (Å²) in [6, 6.07) is 0. The fourth-order valence-electron chi connectivity index (χ4n) is 3.11. The average Bonchev–Trinajstić information content (AvgIpc) is 2.92. The largest absolute Gasteiger partial charge is 0.458 e. The molecule has 1 aliphatic carbocycles. The summed E-state index contributed by atoms with van der Waals surface area (Å²) in [7, 11) is 0. The lowest BCUT2D eigenvalue weighted by molar-refractivity contribution is -0.174. The molecule has 0 aromatic heterocycles. The van der Waals surface area contributed by atoms with Crippen LogP contribution in [0.4, 0.5) is 0 Å². The van der Waals surface area contributed by atoms with Gasteiger partial charge in [0, 0.05) is 25.7 Å². The lowest BCUT2D eigenvalue weighted by Gasteiger charge is -2.34. The fraction of sp³-hybridized carbons (Fsp3) is 0.833. The minimum absolute atomic E-state index is 0.0574. The molecule has 3 aliphatic rings. The first-order valence-corrected chi connectivity index (χ1v) is 6.15. The van der Waals surface area contributed by atoms with E-state index in [1.165, 1.54) is 13.8 Å². The Morgan fingerprint density at radius 2 is 1.56 bits per heavy atom. The Kier molecular flexibility index (Phi) is 2.79. The minimum atomic E-state index is -0.501. The van der Waals surface area contributed by atoms with Crippen molar-refractivity contribution in [2.45, 2.75) is 38.3 Å². The van der Waals surface area contributed by atoms with Gasteiger partial charge in [-0.05, 0) is 0 Å². The Morgan fingerprint density at radius 3 is 2.22 bits per heavy atom. The van der Waals surface area contributed by atoms with Gasteiger partial charge >= 0.3 is 11.9 Å². The zero-order chi connectivity index (χ0) is 12.9. The number of epoxide rings is 1. The molecule has 100 valence electrons. The molecule has 0 unspecified atom stereocenters. The monoisotopic (exact) mass is 256 g/mol. The molecule has 0 radical (unpaired) electrons. The van der Waals surface area contributed by atoms with Gasteiger partial charge in [0.15, 0.2) is 6.10 Å². The molecule has 18 heavy (non-hydrogen) atoms. The van der Waals surface area contributed by atoms with Crippen LogP contribution in [0.1, 0.15) is 13.8 Å². The van der Waals surface area contributed by atoms with Gasteiger partial charge in [-0.25, -0.2) is 0 Å². The van der Waals surface area contributed by atoms with Crippen LogP contribution in [0, 0.1) is 11.8 Å². The smallest absolute Gasteiger partial charge is 0.303 e. The molecular weight excluding hydrogens is 240 g/mol. The molecule has 6 nitrogen and oxygen atoms in total. The van der Waals surface area contributed by atoms with Gasteiger partial charge in [0.25, 0.3) is 0 Å². The third kappa shape index (κ3) is 1.89. The van der Waals surface area contributed by atoms with Gasteiger partial charge in [0.2, 0.25) is 0 Å². The Balaban J connectivity index is 1.82. The number of rotatable bonds is 2. The van der Waals surface area contributed by atoms with E-state index in [2.05, 4.69) is 0 Å². The molecule has 0 aromatic carbocycles. The summed E-state index contributed by atoms with van der Waals surface area (Å²) in [5.74, 6) is -0.459. The Morgan fingerprint density at radius 1 is 0.944 bits per heavy atom. The predicted molar refractivity (Wildman–Crippen MR) is 57.6 cm³/mol. The van der Waals surface area contributed by atoms with Gasteiger partial charge in [-0.15, -0.1) is 0 Å². The maximum absolute atomic E-state index is 11.2. The van der Waals surface area contributed by atoms with Crippen LogP contribution in [0.5, 0.6) is 0 Å². The molecule has 3 fully saturated rings. The molecule has 1 saturated carbocycles. The van der Waals surface area contributed by atoms with Crippen LogP contribution in [0.25, 0.3) is 0 Å². The lowest BCUT2D eigenvalue weighted by atomic mass is 9.78. The summed E-state index contributed by atoms with van der Waals surface area (Å²) < 4.78 is 21.6. The second kappa shape index (κ2) is 4.20. The second-order valence-electron chi connectivity index (χ2n) is 5.08. The van der Waals surface area contributed by atoms with Crippen molar-refractivity contribution in [1.82, 2.24) is 0 Å². The summed E-state index contributed by atoms with van der Waals surface area (Å²) in [4.78, 5) is 22.4.